The van der Waals surface area contributed by atoms with Crippen molar-refractivity contribution in [2.45, 2.75) is 31.5 Å². The Bertz CT molecular complexity index is 232. The molecule has 1 aliphatic heterocycles. The van der Waals surface area contributed by atoms with Crippen molar-refractivity contribution in [1.82, 2.24) is 0 Å². The molecule has 6 nitrogen and oxygen atoms in total. The lowest BCUT2D eigenvalue weighted by Gasteiger charge is -2.11. The summed E-state index contributed by atoms with van der Waals surface area (Å²) >= 11 is 0. The zero-order valence-corrected chi connectivity index (χ0v) is 7.58. The number of ether oxygens (including phenoxy) is 1. The van der Waals surface area contributed by atoms with Crippen molar-refractivity contribution in [2.75, 3.05) is 6.61 Å². The van der Waals surface area contributed by atoms with Crippen LogP contribution in [0.25, 0.3) is 0 Å². The lowest BCUT2D eigenvalue weighted by molar-refractivity contribution is -0.348. The highest BCUT2D eigenvalue weighted by Gasteiger charge is 2.44. The molecule has 1 rings (SSSR count). The summed E-state index contributed by atoms with van der Waals surface area (Å²) < 4.78 is 4.92. The molecule has 0 aromatic rings. The molecule has 1 heterocycles. The highest BCUT2D eigenvalue weighted by atomic mass is 17.2. The lowest BCUT2D eigenvalue weighted by Crippen LogP contribution is -2.34. The minimum absolute atomic E-state index is 0.405. The summed E-state index contributed by atoms with van der Waals surface area (Å²) in [6.07, 6.45) is -2.32. The van der Waals surface area contributed by atoms with Gasteiger partial charge in [-0.3, -0.25) is 4.89 Å². The zero-order valence-electron chi connectivity index (χ0n) is 7.58. The Morgan fingerprint density at radius 3 is 2.57 bits per heavy atom. The van der Waals surface area contributed by atoms with Crippen LogP contribution in [-0.2, 0) is 14.5 Å². The van der Waals surface area contributed by atoms with E-state index in [4.69, 9.17) is 9.84 Å². The monoisotopic (exact) mass is 204 g/mol. The van der Waals surface area contributed by atoms with Crippen LogP contribution < -0.4 is 0 Å². The molecule has 0 aromatic carbocycles. The van der Waals surface area contributed by atoms with Gasteiger partial charge in [0, 0.05) is 6.92 Å². The van der Waals surface area contributed by atoms with E-state index in [0.29, 0.717) is 0 Å². The predicted octanol–water partition coefficient (Wildman–Crippen LogP) is -1.65. The molecule has 80 valence electrons. The summed E-state index contributed by atoms with van der Waals surface area (Å²) in [6.45, 7) is 1.14. The van der Waals surface area contributed by atoms with Crippen molar-refractivity contribution in [3.63, 3.8) is 0 Å². The van der Waals surface area contributed by atoms with Gasteiger partial charge in [-0.25, -0.2) is 0 Å². The van der Waals surface area contributed by atoms with Crippen LogP contribution in [0.1, 0.15) is 6.92 Å². The molecule has 1 fully saturated rings. The van der Waals surface area contributed by atoms with Crippen molar-refractivity contribution in [2.24, 2.45) is 0 Å². The molecule has 0 aromatic heterocycles. The first-order valence-electron chi connectivity index (χ1n) is 4.07. The van der Waals surface area contributed by atoms with Gasteiger partial charge >= 0.3 is 0 Å². The Kier molecular flexibility index (Phi) is 4.13. The topological polar surface area (TPSA) is 88.4 Å². The minimum Gasteiger partial charge on any atom is -0.394 e. The van der Waals surface area contributed by atoms with Gasteiger partial charge in [0.1, 0.15) is 18.3 Å². The van der Waals surface area contributed by atoms with Crippen LogP contribution in [-0.4, -0.2) is 46.5 Å². The van der Waals surface area contributed by atoms with E-state index in [9.17, 15) is 10.2 Å². The summed E-state index contributed by atoms with van der Waals surface area (Å²) in [5, 5.41) is 27.3. The minimum atomic E-state index is -1.26. The molecule has 1 aliphatic rings. The average molecular weight is 204 g/mol. The number of rotatable bonds is 3. The maximum Gasteiger partial charge on any atom is 0.233 e. The maximum absolute atomic E-state index is 9.32. The second-order valence-electron chi connectivity index (χ2n) is 2.74. The third kappa shape index (κ3) is 2.35. The Hall–Kier alpha value is -0.840. The Labute approximate surface area is 80.9 Å². The van der Waals surface area contributed by atoms with Gasteiger partial charge in [0.2, 0.25) is 6.29 Å². The van der Waals surface area contributed by atoms with E-state index in [2.05, 4.69) is 21.8 Å². The van der Waals surface area contributed by atoms with Gasteiger partial charge < -0.3 is 20.1 Å². The molecule has 0 bridgehead atoms. The van der Waals surface area contributed by atoms with E-state index in [-0.39, 0.29) is 0 Å². The van der Waals surface area contributed by atoms with Crippen molar-refractivity contribution >= 4 is 0 Å². The third-order valence-corrected chi connectivity index (χ3v) is 1.79. The fourth-order valence-corrected chi connectivity index (χ4v) is 1.06. The second kappa shape index (κ2) is 5.14. The van der Waals surface area contributed by atoms with Crippen LogP contribution in [0.4, 0.5) is 0 Å². The summed E-state index contributed by atoms with van der Waals surface area (Å²) in [5.41, 5.74) is 0. The molecule has 14 heavy (non-hydrogen) atoms. The first-order valence-corrected chi connectivity index (χ1v) is 4.07. The lowest BCUT2D eigenvalue weighted by atomic mass is 10.1. The summed E-state index contributed by atoms with van der Waals surface area (Å²) in [7, 11) is 0. The van der Waals surface area contributed by atoms with Gasteiger partial charge in [0.25, 0.3) is 0 Å². The standard InChI is InChI=1S/C8H12O6/c1-2-3-12-14-8-7(11)6(10)5(4-9)13-8/h5-11H,4H2,1H3/t5-,6-,7-,8?/m1/s1. The summed E-state index contributed by atoms with van der Waals surface area (Å²) in [6, 6.07) is 0. The van der Waals surface area contributed by atoms with Gasteiger partial charge in [-0.05, 0) is 0 Å². The smallest absolute Gasteiger partial charge is 0.233 e. The molecule has 4 atom stereocenters. The maximum atomic E-state index is 9.32. The second-order valence-corrected chi connectivity index (χ2v) is 2.74. The number of aliphatic hydroxyl groups excluding tert-OH is 3. The van der Waals surface area contributed by atoms with Crippen molar-refractivity contribution in [1.29, 1.82) is 0 Å². The zero-order chi connectivity index (χ0) is 10.6. The summed E-state index contributed by atoms with van der Waals surface area (Å²) in [4.78, 5) is 8.88. The van der Waals surface area contributed by atoms with E-state index in [1.165, 1.54) is 0 Å². The van der Waals surface area contributed by atoms with Crippen LogP contribution >= 0.6 is 0 Å². The van der Waals surface area contributed by atoms with Crippen molar-refractivity contribution in [3.8, 4) is 12.0 Å². The van der Waals surface area contributed by atoms with E-state index in [0.717, 1.165) is 0 Å². The fraction of sp³-hybridized carbons (Fsp3) is 0.750. The SMILES string of the molecule is CC#COOC1O[C@H](CO)[C@@H](O)[C@H]1O. The van der Waals surface area contributed by atoms with Crippen molar-refractivity contribution in [3.05, 3.63) is 0 Å². The fourth-order valence-electron chi connectivity index (χ4n) is 1.06. The molecular formula is C8H12O6. The molecule has 0 radical (unpaired) electrons. The van der Waals surface area contributed by atoms with Gasteiger partial charge in [0.15, 0.2) is 6.11 Å². The van der Waals surface area contributed by atoms with Crippen molar-refractivity contribution < 1.29 is 29.8 Å². The van der Waals surface area contributed by atoms with E-state index < -0.39 is 31.2 Å². The highest BCUT2D eigenvalue weighted by Crippen LogP contribution is 2.21. The molecule has 0 spiro atoms. The first-order chi connectivity index (χ1) is 6.70. The molecular weight excluding hydrogens is 192 g/mol. The van der Waals surface area contributed by atoms with Crippen LogP contribution in [0, 0.1) is 12.0 Å². The Morgan fingerprint density at radius 1 is 1.36 bits per heavy atom. The number of hydrogen-bond donors (Lipinski definition) is 3. The van der Waals surface area contributed by atoms with E-state index >= 15 is 0 Å². The molecule has 6 heteroatoms. The number of aliphatic hydroxyl groups is 3. The third-order valence-electron chi connectivity index (χ3n) is 1.79. The van der Waals surface area contributed by atoms with Crippen LogP contribution in [0.5, 0.6) is 0 Å². The molecule has 0 saturated carbocycles. The van der Waals surface area contributed by atoms with E-state index in [1.54, 1.807) is 6.92 Å². The normalized spacial score (nSPS) is 36.3. The Balaban J connectivity index is 2.42. The van der Waals surface area contributed by atoms with Gasteiger partial charge in [-0.2, -0.15) is 0 Å². The first kappa shape index (κ1) is 11.2. The largest absolute Gasteiger partial charge is 0.394 e. The number of hydrogen-bond acceptors (Lipinski definition) is 6. The molecule has 1 unspecified atom stereocenters. The molecule has 1 saturated heterocycles. The quantitative estimate of drug-likeness (QED) is 0.290. The van der Waals surface area contributed by atoms with Gasteiger partial charge in [0.05, 0.1) is 6.61 Å². The van der Waals surface area contributed by atoms with E-state index in [1.807, 2.05) is 0 Å². The molecule has 0 aliphatic carbocycles. The molecule has 0 amide bonds. The molecule has 3 N–H and O–H groups in total. The van der Waals surface area contributed by atoms with Crippen LogP contribution in [0.3, 0.4) is 0 Å². The average Bonchev–Trinajstić information content (AvgIpc) is 2.46. The summed E-state index contributed by atoms with van der Waals surface area (Å²) in [5.74, 6) is 2.40. The predicted molar refractivity (Wildman–Crippen MR) is 43.4 cm³/mol. The van der Waals surface area contributed by atoms with Crippen LogP contribution in [0.15, 0.2) is 0 Å². The van der Waals surface area contributed by atoms with Gasteiger partial charge in [-0.1, -0.05) is 5.92 Å². The van der Waals surface area contributed by atoms with Crippen LogP contribution in [0.2, 0.25) is 0 Å². The highest BCUT2D eigenvalue weighted by molar-refractivity contribution is 4.86. The van der Waals surface area contributed by atoms with Gasteiger partial charge in [-0.15, -0.1) is 4.89 Å². The Morgan fingerprint density at radius 2 is 2.07 bits per heavy atom.